The van der Waals surface area contributed by atoms with E-state index in [0.29, 0.717) is 33.5 Å². The zero-order valence-electron chi connectivity index (χ0n) is 22.2. The Morgan fingerprint density at radius 2 is 1.75 bits per heavy atom. The summed E-state index contributed by atoms with van der Waals surface area (Å²) in [5.74, 6) is -2.64. The summed E-state index contributed by atoms with van der Waals surface area (Å²) in [6, 6.07) is 12.7. The number of aromatic amines is 1. The number of aliphatic hydroxyl groups excluding tert-OH is 1. The second kappa shape index (κ2) is 9.88. The zero-order valence-corrected chi connectivity index (χ0v) is 22.2. The van der Waals surface area contributed by atoms with Crippen LogP contribution in [0, 0.1) is 6.92 Å². The lowest BCUT2D eigenvalue weighted by atomic mass is 9.91. The number of aryl methyl sites for hydroxylation is 1. The molecule has 1 fully saturated rings. The normalized spacial score (nSPS) is 16.7. The molecule has 1 aliphatic heterocycles. The molecule has 2 heterocycles. The van der Waals surface area contributed by atoms with Crippen LogP contribution in [0.5, 0.6) is 11.5 Å². The highest BCUT2D eigenvalue weighted by Gasteiger charge is 2.48. The lowest BCUT2D eigenvalue weighted by Crippen LogP contribution is -2.30. The lowest BCUT2D eigenvalue weighted by Gasteiger charge is -2.23. The van der Waals surface area contributed by atoms with Crippen molar-refractivity contribution in [3.63, 3.8) is 0 Å². The maximum Gasteiger partial charge on any atom is 0.335 e. The van der Waals surface area contributed by atoms with Crippen LogP contribution in [0.15, 0.2) is 60.2 Å². The Balaban J connectivity index is 1.74. The summed E-state index contributed by atoms with van der Waals surface area (Å²) >= 11 is 0. The van der Waals surface area contributed by atoms with Gasteiger partial charge in [-0.05, 0) is 72.0 Å². The second-order valence-corrected chi connectivity index (χ2v) is 9.92. The molecule has 4 aromatic rings. The van der Waals surface area contributed by atoms with E-state index in [9.17, 15) is 29.7 Å². The zero-order chi connectivity index (χ0) is 28.9. The number of amides is 1. The molecular weight excluding hydrogens is 514 g/mol. The predicted octanol–water partition coefficient (Wildman–Crippen LogP) is 5.03. The number of phenols is 1. The highest BCUT2D eigenvalue weighted by Crippen LogP contribution is 2.43. The van der Waals surface area contributed by atoms with Crippen LogP contribution < -0.4 is 9.64 Å². The van der Waals surface area contributed by atoms with Crippen molar-refractivity contribution < 1.29 is 34.4 Å². The molecule has 5 rings (SSSR count). The summed E-state index contributed by atoms with van der Waals surface area (Å²) in [6.07, 6.45) is 0. The molecular formula is C30H27N3O7. The average molecular weight is 542 g/mol. The predicted molar refractivity (Wildman–Crippen MR) is 148 cm³/mol. The van der Waals surface area contributed by atoms with Gasteiger partial charge >= 0.3 is 11.9 Å². The Hall–Kier alpha value is -5.12. The van der Waals surface area contributed by atoms with Gasteiger partial charge in [-0.2, -0.15) is 0 Å². The molecule has 10 nitrogen and oxygen atoms in total. The van der Waals surface area contributed by atoms with Crippen LogP contribution in [-0.4, -0.2) is 50.1 Å². The van der Waals surface area contributed by atoms with Gasteiger partial charge < -0.3 is 25.0 Å². The van der Waals surface area contributed by atoms with E-state index in [1.54, 1.807) is 38.3 Å². The lowest BCUT2D eigenvalue weighted by molar-refractivity contribution is -0.132. The minimum absolute atomic E-state index is 0.00564. The van der Waals surface area contributed by atoms with Gasteiger partial charge in [0.25, 0.3) is 5.78 Å². The number of aromatic carboxylic acids is 1. The van der Waals surface area contributed by atoms with Gasteiger partial charge in [0.2, 0.25) is 5.95 Å². The van der Waals surface area contributed by atoms with Crippen molar-refractivity contribution in [3.8, 4) is 11.5 Å². The van der Waals surface area contributed by atoms with Gasteiger partial charge in [-0.3, -0.25) is 14.5 Å². The van der Waals surface area contributed by atoms with Crippen molar-refractivity contribution in [2.24, 2.45) is 0 Å². The van der Waals surface area contributed by atoms with Crippen LogP contribution in [0.25, 0.3) is 16.8 Å². The summed E-state index contributed by atoms with van der Waals surface area (Å²) in [5, 5.41) is 30.9. The summed E-state index contributed by atoms with van der Waals surface area (Å²) in [7, 11) is 1.56. The molecule has 0 radical (unpaired) electrons. The summed E-state index contributed by atoms with van der Waals surface area (Å²) in [5.41, 5.74) is 2.90. The van der Waals surface area contributed by atoms with Crippen LogP contribution in [0.4, 0.5) is 5.95 Å². The van der Waals surface area contributed by atoms with Gasteiger partial charge in [-0.25, -0.2) is 9.78 Å². The molecule has 0 spiro atoms. The van der Waals surface area contributed by atoms with Gasteiger partial charge in [0, 0.05) is 5.56 Å². The number of carbonyl (C=O) groups excluding carboxylic acids is 2. The van der Waals surface area contributed by atoms with E-state index in [0.717, 1.165) is 10.5 Å². The molecule has 4 N–H and O–H groups in total. The Morgan fingerprint density at radius 1 is 1.05 bits per heavy atom. The summed E-state index contributed by atoms with van der Waals surface area (Å²) < 4.78 is 5.51. The van der Waals surface area contributed by atoms with Gasteiger partial charge in [0.05, 0.1) is 35.3 Å². The number of aromatic nitrogens is 2. The highest BCUT2D eigenvalue weighted by molar-refractivity contribution is 6.51. The van der Waals surface area contributed by atoms with Crippen LogP contribution >= 0.6 is 0 Å². The number of benzene rings is 3. The van der Waals surface area contributed by atoms with E-state index in [-0.39, 0.29) is 34.5 Å². The third-order valence-corrected chi connectivity index (χ3v) is 7.05. The van der Waals surface area contributed by atoms with Gasteiger partial charge in [-0.1, -0.05) is 26.0 Å². The number of rotatable bonds is 6. The molecule has 1 unspecified atom stereocenters. The number of fused-ring (bicyclic) bond motifs is 1. The van der Waals surface area contributed by atoms with Crippen molar-refractivity contribution in [2.75, 3.05) is 12.0 Å². The number of hydrogen-bond acceptors (Lipinski definition) is 7. The third-order valence-electron chi connectivity index (χ3n) is 7.05. The fourth-order valence-electron chi connectivity index (χ4n) is 4.99. The van der Waals surface area contributed by atoms with Crippen molar-refractivity contribution in [1.82, 2.24) is 9.97 Å². The SMILES string of the molecule is COc1cc(C)c(/C(O)=C2\C(=O)C(=O)N(c3nc4ccc(C(=O)O)cc4[nH]3)C2c2ccc(O)cc2)cc1C(C)C. The van der Waals surface area contributed by atoms with E-state index in [1.807, 2.05) is 13.8 Å². The van der Waals surface area contributed by atoms with E-state index < -0.39 is 23.7 Å². The topological polar surface area (TPSA) is 153 Å². The summed E-state index contributed by atoms with van der Waals surface area (Å²) in [6.45, 7) is 5.72. The van der Waals surface area contributed by atoms with E-state index in [2.05, 4.69) is 9.97 Å². The Morgan fingerprint density at radius 3 is 2.38 bits per heavy atom. The molecule has 1 saturated heterocycles. The Labute approximate surface area is 229 Å². The highest BCUT2D eigenvalue weighted by atomic mass is 16.5. The smallest absolute Gasteiger partial charge is 0.335 e. The van der Waals surface area contributed by atoms with Crippen LogP contribution in [0.2, 0.25) is 0 Å². The molecule has 0 bridgehead atoms. The van der Waals surface area contributed by atoms with Crippen molar-refractivity contribution in [2.45, 2.75) is 32.7 Å². The van der Waals surface area contributed by atoms with Crippen LogP contribution in [0.1, 0.15) is 58.4 Å². The molecule has 1 aliphatic rings. The number of nitrogens with one attached hydrogen (secondary N) is 1. The van der Waals surface area contributed by atoms with Gasteiger partial charge in [0.1, 0.15) is 17.3 Å². The van der Waals surface area contributed by atoms with E-state index >= 15 is 0 Å². The Bertz CT molecular complexity index is 1720. The fraction of sp³-hybridized carbons (Fsp3) is 0.200. The number of Topliss-reactive ketones (excluding diaryl/α,β-unsaturated/α-hetero) is 1. The van der Waals surface area contributed by atoms with E-state index in [1.165, 1.54) is 30.3 Å². The molecule has 1 amide bonds. The molecule has 3 aromatic carbocycles. The number of carbonyl (C=O) groups is 3. The minimum Gasteiger partial charge on any atom is -0.508 e. The number of phenolic OH excluding ortho intramolecular Hbond substituents is 1. The maximum atomic E-state index is 13.6. The third kappa shape index (κ3) is 4.33. The first-order chi connectivity index (χ1) is 19.0. The van der Waals surface area contributed by atoms with Crippen molar-refractivity contribution in [3.05, 3.63) is 88.0 Å². The van der Waals surface area contributed by atoms with Crippen molar-refractivity contribution >= 4 is 40.4 Å². The number of hydrogen-bond donors (Lipinski definition) is 4. The largest absolute Gasteiger partial charge is 0.508 e. The van der Waals surface area contributed by atoms with Gasteiger partial charge in [-0.15, -0.1) is 0 Å². The molecule has 40 heavy (non-hydrogen) atoms. The molecule has 204 valence electrons. The first-order valence-electron chi connectivity index (χ1n) is 12.5. The molecule has 0 aliphatic carbocycles. The molecule has 0 saturated carbocycles. The number of imidazole rings is 1. The number of methoxy groups -OCH3 is 1. The minimum atomic E-state index is -1.13. The van der Waals surface area contributed by atoms with E-state index in [4.69, 9.17) is 4.74 Å². The van der Waals surface area contributed by atoms with Gasteiger partial charge in [0.15, 0.2) is 0 Å². The number of ether oxygens (including phenoxy) is 1. The fourth-order valence-corrected chi connectivity index (χ4v) is 4.99. The average Bonchev–Trinajstić information content (AvgIpc) is 3.45. The molecule has 10 heteroatoms. The first kappa shape index (κ1) is 26.5. The number of aromatic hydroxyl groups is 1. The standard InChI is InChI=1S/C30H27N3O7/c1-14(2)19-13-20(15(3)11-23(19)40-4)26(35)24-25(16-5-8-18(34)9-6-16)33(28(37)27(24)36)30-31-21-10-7-17(29(38)39)12-22(21)32-30/h5-14,25,34-35H,1-4H3,(H,31,32)(H,38,39)/b26-24+. The number of anilines is 1. The summed E-state index contributed by atoms with van der Waals surface area (Å²) in [4.78, 5) is 47.1. The number of carboxylic acids is 1. The number of ketones is 1. The van der Waals surface area contributed by atoms with Crippen LogP contribution in [0.3, 0.4) is 0 Å². The monoisotopic (exact) mass is 541 g/mol. The quantitative estimate of drug-likeness (QED) is 0.151. The molecule has 1 atom stereocenters. The maximum absolute atomic E-state index is 13.6. The Kier molecular flexibility index (Phi) is 6.54. The number of H-pyrrole nitrogens is 1. The van der Waals surface area contributed by atoms with Crippen LogP contribution in [-0.2, 0) is 9.59 Å². The number of aliphatic hydroxyl groups is 1. The number of nitrogens with zero attached hydrogens (tertiary/aromatic N) is 2. The molecule has 1 aromatic heterocycles. The first-order valence-corrected chi connectivity index (χ1v) is 12.5. The number of carboxylic acid groups (broad SMARTS) is 1. The second-order valence-electron chi connectivity index (χ2n) is 9.92. The van der Waals surface area contributed by atoms with Crippen molar-refractivity contribution in [1.29, 1.82) is 0 Å².